The van der Waals surface area contributed by atoms with Gasteiger partial charge in [0.15, 0.2) is 0 Å². The third-order valence-corrected chi connectivity index (χ3v) is 5.85. The van der Waals surface area contributed by atoms with Gasteiger partial charge in [-0.3, -0.25) is 9.59 Å². The molecule has 0 bridgehead atoms. The Balaban J connectivity index is 1.58. The molecule has 1 unspecified atom stereocenters. The summed E-state index contributed by atoms with van der Waals surface area (Å²) in [4.78, 5) is 39.8. The Labute approximate surface area is 172 Å². The Hall–Kier alpha value is -3.61. The number of hydrogen-bond acceptors (Lipinski definition) is 3. The summed E-state index contributed by atoms with van der Waals surface area (Å²) in [6.45, 7) is 0. The molecule has 0 saturated carbocycles. The summed E-state index contributed by atoms with van der Waals surface area (Å²) in [6, 6.07) is 13.8. The fourth-order valence-electron chi connectivity index (χ4n) is 4.38. The van der Waals surface area contributed by atoms with E-state index < -0.39 is 29.3 Å². The van der Waals surface area contributed by atoms with Crippen LogP contribution in [-0.2, 0) is 33.6 Å². The number of H-pyrrole nitrogens is 1. The Kier molecular flexibility index (Phi) is 5.03. The number of carbonyl (C=O) groups is 3. The van der Waals surface area contributed by atoms with Gasteiger partial charge >= 0.3 is 11.9 Å². The van der Waals surface area contributed by atoms with E-state index in [4.69, 9.17) is 0 Å². The van der Waals surface area contributed by atoms with Crippen molar-refractivity contribution in [3.8, 4) is 0 Å². The molecule has 1 heterocycles. The standard InChI is InChI=1S/C23H22N2O5/c26-20(27)12-23(10-14-5-1-2-6-15(14)11-23)22(30)25-19(21(28)29)9-16-13-24-18-8-4-3-7-17(16)18/h1-8,13,19,24H,9-12H2,(H,25,30)(H,26,27)(H,28,29). The number of aromatic amines is 1. The summed E-state index contributed by atoms with van der Waals surface area (Å²) in [5.74, 6) is -2.77. The molecule has 1 amide bonds. The van der Waals surface area contributed by atoms with Crippen LogP contribution < -0.4 is 5.32 Å². The fraction of sp³-hybridized carbons (Fsp3) is 0.261. The number of carbonyl (C=O) groups excluding carboxylic acids is 1. The third kappa shape index (κ3) is 3.66. The van der Waals surface area contributed by atoms with Gasteiger partial charge in [-0.05, 0) is 35.6 Å². The Bertz CT molecular complexity index is 1110. The first-order chi connectivity index (χ1) is 14.4. The van der Waals surface area contributed by atoms with E-state index in [1.807, 2.05) is 48.5 Å². The van der Waals surface area contributed by atoms with Crippen molar-refractivity contribution in [3.05, 3.63) is 71.4 Å². The highest BCUT2D eigenvalue weighted by atomic mass is 16.4. The Morgan fingerprint density at radius 1 is 1.00 bits per heavy atom. The zero-order valence-electron chi connectivity index (χ0n) is 16.2. The van der Waals surface area contributed by atoms with E-state index >= 15 is 0 Å². The van der Waals surface area contributed by atoms with E-state index in [1.54, 1.807) is 6.20 Å². The zero-order valence-corrected chi connectivity index (χ0v) is 16.2. The van der Waals surface area contributed by atoms with Gasteiger partial charge in [0.2, 0.25) is 5.91 Å². The van der Waals surface area contributed by atoms with Crippen molar-refractivity contribution in [2.45, 2.75) is 31.7 Å². The van der Waals surface area contributed by atoms with E-state index in [9.17, 15) is 24.6 Å². The maximum atomic E-state index is 13.2. The van der Waals surface area contributed by atoms with Crippen molar-refractivity contribution in [1.29, 1.82) is 0 Å². The van der Waals surface area contributed by atoms with Crippen molar-refractivity contribution in [1.82, 2.24) is 10.3 Å². The second kappa shape index (κ2) is 7.67. The van der Waals surface area contributed by atoms with Crippen molar-refractivity contribution >= 4 is 28.7 Å². The van der Waals surface area contributed by atoms with Crippen LogP contribution in [0.1, 0.15) is 23.1 Å². The van der Waals surface area contributed by atoms with Gasteiger partial charge in [-0.15, -0.1) is 0 Å². The number of fused-ring (bicyclic) bond motifs is 2. The molecular formula is C23H22N2O5. The number of hydrogen-bond donors (Lipinski definition) is 4. The molecule has 154 valence electrons. The molecule has 2 aromatic carbocycles. The van der Waals surface area contributed by atoms with Gasteiger partial charge in [0, 0.05) is 23.5 Å². The maximum absolute atomic E-state index is 13.2. The van der Waals surface area contributed by atoms with E-state index in [0.717, 1.165) is 27.6 Å². The van der Waals surface area contributed by atoms with Crippen LogP contribution in [0.15, 0.2) is 54.7 Å². The number of nitrogens with one attached hydrogen (secondary N) is 2. The molecule has 1 aliphatic carbocycles. The summed E-state index contributed by atoms with van der Waals surface area (Å²) in [6.07, 6.45) is 2.04. The first kappa shape index (κ1) is 19.7. The number of para-hydroxylation sites is 1. The smallest absolute Gasteiger partial charge is 0.326 e. The average Bonchev–Trinajstić information content (AvgIpc) is 3.28. The normalized spacial score (nSPS) is 15.5. The molecule has 4 N–H and O–H groups in total. The fourth-order valence-corrected chi connectivity index (χ4v) is 4.38. The molecule has 0 radical (unpaired) electrons. The molecule has 7 heteroatoms. The van der Waals surface area contributed by atoms with Crippen LogP contribution >= 0.6 is 0 Å². The zero-order chi connectivity index (χ0) is 21.3. The maximum Gasteiger partial charge on any atom is 0.326 e. The minimum absolute atomic E-state index is 0.0984. The second-order valence-electron chi connectivity index (χ2n) is 7.90. The number of carboxylic acid groups (broad SMARTS) is 2. The lowest BCUT2D eigenvalue weighted by atomic mass is 9.80. The van der Waals surface area contributed by atoms with Gasteiger partial charge in [-0.1, -0.05) is 42.5 Å². The van der Waals surface area contributed by atoms with Gasteiger partial charge in [0.05, 0.1) is 11.8 Å². The van der Waals surface area contributed by atoms with Crippen LogP contribution in [0.4, 0.5) is 0 Å². The number of benzene rings is 2. The van der Waals surface area contributed by atoms with Crippen LogP contribution in [-0.4, -0.2) is 39.1 Å². The predicted molar refractivity (Wildman–Crippen MR) is 110 cm³/mol. The molecule has 30 heavy (non-hydrogen) atoms. The van der Waals surface area contributed by atoms with Crippen LogP contribution in [0, 0.1) is 5.41 Å². The number of amides is 1. The van der Waals surface area contributed by atoms with Crippen LogP contribution in [0.3, 0.4) is 0 Å². The molecule has 0 spiro atoms. The van der Waals surface area contributed by atoms with E-state index in [-0.39, 0.29) is 25.7 Å². The monoisotopic (exact) mass is 406 g/mol. The topological polar surface area (TPSA) is 119 Å². The summed E-state index contributed by atoms with van der Waals surface area (Å²) in [5.41, 5.74) is 2.33. The molecule has 4 rings (SSSR count). The molecule has 0 fully saturated rings. The lowest BCUT2D eigenvalue weighted by molar-refractivity contribution is -0.147. The highest BCUT2D eigenvalue weighted by Gasteiger charge is 2.46. The Morgan fingerprint density at radius 2 is 1.63 bits per heavy atom. The van der Waals surface area contributed by atoms with Gasteiger partial charge in [0.1, 0.15) is 6.04 Å². The molecule has 1 atom stereocenters. The molecule has 0 aliphatic heterocycles. The van der Waals surface area contributed by atoms with Crippen LogP contribution in [0.5, 0.6) is 0 Å². The third-order valence-electron chi connectivity index (χ3n) is 5.85. The van der Waals surface area contributed by atoms with Crippen molar-refractivity contribution < 1.29 is 24.6 Å². The summed E-state index contributed by atoms with van der Waals surface area (Å²) >= 11 is 0. The van der Waals surface area contributed by atoms with E-state index in [0.29, 0.717) is 0 Å². The van der Waals surface area contributed by atoms with E-state index in [2.05, 4.69) is 10.3 Å². The molecule has 7 nitrogen and oxygen atoms in total. The highest BCUT2D eigenvalue weighted by molar-refractivity contribution is 5.92. The van der Waals surface area contributed by atoms with Gasteiger partial charge in [0.25, 0.3) is 0 Å². The number of aliphatic carboxylic acids is 2. The molecule has 0 saturated heterocycles. The first-order valence-electron chi connectivity index (χ1n) is 9.75. The summed E-state index contributed by atoms with van der Waals surface area (Å²) < 4.78 is 0. The summed E-state index contributed by atoms with van der Waals surface area (Å²) in [5, 5.41) is 22.7. The van der Waals surface area contributed by atoms with Crippen molar-refractivity contribution in [2.75, 3.05) is 0 Å². The number of aromatic nitrogens is 1. The molecule has 3 aromatic rings. The van der Waals surface area contributed by atoms with Gasteiger partial charge in [-0.25, -0.2) is 4.79 Å². The molecule has 1 aliphatic rings. The second-order valence-corrected chi connectivity index (χ2v) is 7.90. The lowest BCUT2D eigenvalue weighted by Gasteiger charge is -2.28. The minimum Gasteiger partial charge on any atom is -0.481 e. The average molecular weight is 406 g/mol. The summed E-state index contributed by atoms with van der Waals surface area (Å²) in [7, 11) is 0. The van der Waals surface area contributed by atoms with Gasteiger partial charge in [-0.2, -0.15) is 0 Å². The van der Waals surface area contributed by atoms with Crippen molar-refractivity contribution in [3.63, 3.8) is 0 Å². The number of carboxylic acids is 2. The molecule has 1 aromatic heterocycles. The number of rotatable bonds is 7. The Morgan fingerprint density at radius 3 is 2.27 bits per heavy atom. The van der Waals surface area contributed by atoms with Crippen LogP contribution in [0.25, 0.3) is 10.9 Å². The lowest BCUT2D eigenvalue weighted by Crippen LogP contribution is -2.50. The first-order valence-corrected chi connectivity index (χ1v) is 9.75. The quantitative estimate of drug-likeness (QED) is 0.481. The molecular weight excluding hydrogens is 384 g/mol. The predicted octanol–water partition coefficient (Wildman–Crippen LogP) is 2.54. The SMILES string of the molecule is O=C(O)CC1(C(=O)NC(Cc2c[nH]c3ccccc23)C(=O)O)Cc2ccccc2C1. The van der Waals surface area contributed by atoms with Crippen molar-refractivity contribution in [2.24, 2.45) is 5.41 Å². The minimum atomic E-state index is -1.19. The van der Waals surface area contributed by atoms with E-state index in [1.165, 1.54) is 0 Å². The van der Waals surface area contributed by atoms with Gasteiger partial charge < -0.3 is 20.5 Å². The largest absolute Gasteiger partial charge is 0.481 e. The van der Waals surface area contributed by atoms with Crippen LogP contribution in [0.2, 0.25) is 0 Å². The highest BCUT2D eigenvalue weighted by Crippen LogP contribution is 2.40.